The van der Waals surface area contributed by atoms with Crippen LogP contribution in [-0.2, 0) is 0 Å². The van der Waals surface area contributed by atoms with Crippen molar-refractivity contribution >= 4 is 29.5 Å². The first kappa shape index (κ1) is 15.6. The first-order chi connectivity index (χ1) is 11.1. The van der Waals surface area contributed by atoms with Gasteiger partial charge in [0, 0.05) is 10.9 Å². The maximum atomic E-state index is 12.3. The third-order valence-corrected chi connectivity index (χ3v) is 4.36. The smallest absolute Gasteiger partial charge is 0.267 e. The molecular formula is C15H15N5OS2. The molecule has 0 aliphatic heterocycles. The third-order valence-electron chi connectivity index (χ3n) is 3.23. The van der Waals surface area contributed by atoms with Gasteiger partial charge < -0.3 is 0 Å². The number of aromatic amines is 1. The van der Waals surface area contributed by atoms with Crippen molar-refractivity contribution in [1.82, 2.24) is 19.9 Å². The molecule has 3 rings (SSSR count). The van der Waals surface area contributed by atoms with Gasteiger partial charge in [0.25, 0.3) is 5.91 Å². The van der Waals surface area contributed by atoms with Crippen LogP contribution in [0.15, 0.2) is 35.7 Å². The number of rotatable bonds is 4. The molecule has 8 heteroatoms. The highest BCUT2D eigenvalue weighted by molar-refractivity contribution is 7.71. The molecule has 0 bridgehead atoms. The molecule has 0 spiro atoms. The second-order valence-corrected chi connectivity index (χ2v) is 6.47. The number of aromatic nitrogens is 4. The molecule has 1 aromatic carbocycles. The van der Waals surface area contributed by atoms with E-state index < -0.39 is 0 Å². The van der Waals surface area contributed by atoms with Crippen molar-refractivity contribution in [3.05, 3.63) is 51.7 Å². The summed E-state index contributed by atoms with van der Waals surface area (Å²) in [6.07, 6.45) is 0. The summed E-state index contributed by atoms with van der Waals surface area (Å²) in [4.78, 5) is 16.9. The molecule has 0 saturated heterocycles. The Morgan fingerprint density at radius 1 is 1.35 bits per heavy atom. The summed E-state index contributed by atoms with van der Waals surface area (Å²) in [5, 5.41) is 9.57. The first-order valence-electron chi connectivity index (χ1n) is 7.06. The zero-order chi connectivity index (χ0) is 16.4. The van der Waals surface area contributed by atoms with E-state index in [0.717, 1.165) is 5.69 Å². The van der Waals surface area contributed by atoms with Crippen molar-refractivity contribution < 1.29 is 4.79 Å². The standard InChI is InChI=1S/C15H15N5OS2/c1-9(2)11-8-23-14(16-11)12-17-18-15(22)20(12)19-13(21)10-6-4-3-5-7-10/h3-9H,1-2H3,(H,18,22)(H,19,21). The number of carbonyl (C=O) groups excluding carboxylic acids is 1. The summed E-state index contributed by atoms with van der Waals surface area (Å²) in [6, 6.07) is 8.94. The lowest BCUT2D eigenvalue weighted by Gasteiger charge is -2.07. The van der Waals surface area contributed by atoms with E-state index in [1.807, 2.05) is 11.4 Å². The molecule has 0 saturated carbocycles. The van der Waals surface area contributed by atoms with Gasteiger partial charge in [-0.3, -0.25) is 10.2 Å². The highest BCUT2D eigenvalue weighted by Crippen LogP contribution is 2.25. The van der Waals surface area contributed by atoms with E-state index in [4.69, 9.17) is 12.2 Å². The van der Waals surface area contributed by atoms with Crippen LogP contribution in [0.5, 0.6) is 0 Å². The number of nitrogens with one attached hydrogen (secondary N) is 2. The van der Waals surface area contributed by atoms with Crippen LogP contribution in [0.1, 0.15) is 35.8 Å². The fourth-order valence-electron chi connectivity index (χ4n) is 1.95. The van der Waals surface area contributed by atoms with Crippen LogP contribution in [0.2, 0.25) is 0 Å². The predicted octanol–water partition coefficient (Wildman–Crippen LogP) is 3.57. The van der Waals surface area contributed by atoms with Crippen LogP contribution in [0.25, 0.3) is 10.8 Å². The summed E-state index contributed by atoms with van der Waals surface area (Å²) in [5.41, 5.74) is 4.29. The molecule has 2 heterocycles. The number of hydrogen-bond acceptors (Lipinski definition) is 5. The van der Waals surface area contributed by atoms with E-state index in [1.54, 1.807) is 24.3 Å². The van der Waals surface area contributed by atoms with Gasteiger partial charge in [0.2, 0.25) is 10.6 Å². The lowest BCUT2D eigenvalue weighted by Crippen LogP contribution is -2.23. The zero-order valence-corrected chi connectivity index (χ0v) is 14.2. The highest BCUT2D eigenvalue weighted by Gasteiger charge is 2.16. The molecule has 2 aromatic heterocycles. The normalized spacial score (nSPS) is 10.9. The Hall–Kier alpha value is -2.32. The Balaban J connectivity index is 1.93. The number of hydrogen-bond donors (Lipinski definition) is 2. The molecule has 0 unspecified atom stereocenters. The Morgan fingerprint density at radius 2 is 2.09 bits per heavy atom. The second-order valence-electron chi connectivity index (χ2n) is 5.23. The molecule has 0 aliphatic carbocycles. The van der Waals surface area contributed by atoms with E-state index in [9.17, 15) is 4.79 Å². The summed E-state index contributed by atoms with van der Waals surface area (Å²) >= 11 is 6.68. The predicted molar refractivity (Wildman–Crippen MR) is 92.7 cm³/mol. The average molecular weight is 345 g/mol. The lowest BCUT2D eigenvalue weighted by molar-refractivity contribution is 0.101. The molecule has 23 heavy (non-hydrogen) atoms. The second kappa shape index (κ2) is 6.43. The minimum Gasteiger partial charge on any atom is -0.267 e. The Labute approximate surface area is 142 Å². The van der Waals surface area contributed by atoms with Gasteiger partial charge >= 0.3 is 0 Å². The number of carbonyl (C=O) groups is 1. The number of thiazole rings is 1. The quantitative estimate of drug-likeness (QED) is 0.709. The van der Waals surface area contributed by atoms with Gasteiger partial charge in [-0.15, -0.1) is 16.4 Å². The monoisotopic (exact) mass is 345 g/mol. The van der Waals surface area contributed by atoms with Gasteiger partial charge in [0.15, 0.2) is 5.01 Å². The number of nitrogens with zero attached hydrogens (tertiary/aromatic N) is 3. The van der Waals surface area contributed by atoms with Crippen molar-refractivity contribution in [3.63, 3.8) is 0 Å². The Kier molecular flexibility index (Phi) is 4.35. The van der Waals surface area contributed by atoms with Crippen LogP contribution in [0.3, 0.4) is 0 Å². The SMILES string of the molecule is CC(C)c1csc(-c2n[nH]c(=S)n2NC(=O)c2ccccc2)n1. The summed E-state index contributed by atoms with van der Waals surface area (Å²) in [7, 11) is 0. The van der Waals surface area contributed by atoms with Gasteiger partial charge in [0.1, 0.15) is 0 Å². The van der Waals surface area contributed by atoms with Gasteiger partial charge in [-0.2, -0.15) is 0 Å². The van der Waals surface area contributed by atoms with Crippen LogP contribution in [-0.4, -0.2) is 25.8 Å². The average Bonchev–Trinajstić information content (AvgIpc) is 3.16. The van der Waals surface area contributed by atoms with Crippen molar-refractivity contribution in [1.29, 1.82) is 0 Å². The van der Waals surface area contributed by atoms with Gasteiger partial charge in [-0.05, 0) is 30.3 Å². The van der Waals surface area contributed by atoms with Crippen molar-refractivity contribution in [2.45, 2.75) is 19.8 Å². The topological polar surface area (TPSA) is 75.6 Å². The van der Waals surface area contributed by atoms with Crippen LogP contribution < -0.4 is 5.43 Å². The largest absolute Gasteiger partial charge is 0.270 e. The Morgan fingerprint density at radius 3 is 2.74 bits per heavy atom. The summed E-state index contributed by atoms with van der Waals surface area (Å²) in [5.74, 6) is 0.565. The minimum absolute atomic E-state index is 0.259. The van der Waals surface area contributed by atoms with Gasteiger partial charge in [-0.25, -0.2) is 14.8 Å². The fraction of sp³-hybridized carbons (Fsp3) is 0.200. The molecule has 6 nitrogen and oxygen atoms in total. The maximum Gasteiger partial charge on any atom is 0.270 e. The van der Waals surface area contributed by atoms with E-state index in [0.29, 0.717) is 27.1 Å². The van der Waals surface area contributed by atoms with E-state index in [2.05, 4.69) is 34.5 Å². The van der Waals surface area contributed by atoms with E-state index >= 15 is 0 Å². The maximum absolute atomic E-state index is 12.3. The number of H-pyrrole nitrogens is 1. The van der Waals surface area contributed by atoms with Crippen LogP contribution in [0.4, 0.5) is 0 Å². The van der Waals surface area contributed by atoms with Gasteiger partial charge in [0.05, 0.1) is 5.69 Å². The van der Waals surface area contributed by atoms with Gasteiger partial charge in [-0.1, -0.05) is 32.0 Å². The lowest BCUT2D eigenvalue weighted by atomic mass is 10.2. The fourth-order valence-corrected chi connectivity index (χ4v) is 3.09. The molecule has 3 aromatic rings. The molecule has 0 fully saturated rings. The molecule has 0 radical (unpaired) electrons. The van der Waals surface area contributed by atoms with Crippen molar-refractivity contribution in [2.75, 3.05) is 5.43 Å². The molecular weight excluding hydrogens is 330 g/mol. The zero-order valence-electron chi connectivity index (χ0n) is 12.6. The number of benzene rings is 1. The highest BCUT2D eigenvalue weighted by atomic mass is 32.1. The third kappa shape index (κ3) is 3.22. The summed E-state index contributed by atoms with van der Waals surface area (Å²) < 4.78 is 1.76. The van der Waals surface area contributed by atoms with Crippen LogP contribution in [0, 0.1) is 4.77 Å². The van der Waals surface area contributed by atoms with Crippen LogP contribution >= 0.6 is 23.6 Å². The molecule has 2 N–H and O–H groups in total. The van der Waals surface area contributed by atoms with E-state index in [-0.39, 0.29) is 5.91 Å². The first-order valence-corrected chi connectivity index (χ1v) is 8.34. The van der Waals surface area contributed by atoms with E-state index in [1.165, 1.54) is 16.0 Å². The Bertz CT molecular complexity index is 879. The number of amides is 1. The minimum atomic E-state index is -0.259. The van der Waals surface area contributed by atoms with Crippen molar-refractivity contribution in [2.24, 2.45) is 0 Å². The molecule has 0 aliphatic rings. The molecule has 0 atom stereocenters. The summed E-state index contributed by atoms with van der Waals surface area (Å²) in [6.45, 7) is 4.15. The molecule has 118 valence electrons. The van der Waals surface area contributed by atoms with Crippen molar-refractivity contribution in [3.8, 4) is 10.8 Å². The molecule has 1 amide bonds.